The van der Waals surface area contributed by atoms with Crippen LogP contribution < -0.4 is 0 Å². The largest absolute Gasteiger partial charge is 0.481 e. The first kappa shape index (κ1) is 14.8. The predicted octanol–water partition coefficient (Wildman–Crippen LogP) is 2.52. The monoisotopic (exact) mass is 269 g/mol. The molecule has 0 aromatic carbocycles. The second kappa shape index (κ2) is 6.71. The zero-order valence-corrected chi connectivity index (χ0v) is 12.1. The van der Waals surface area contributed by atoms with Crippen LogP contribution in [0.15, 0.2) is 0 Å². The van der Waals surface area contributed by atoms with E-state index in [1.807, 2.05) is 0 Å². The molecular weight excluding hydrogens is 242 g/mol. The highest BCUT2D eigenvalue weighted by atomic mass is 16.5. The normalized spacial score (nSPS) is 28.8. The van der Waals surface area contributed by atoms with E-state index in [-0.39, 0.29) is 6.10 Å². The molecule has 0 bridgehead atoms. The molecule has 0 radical (unpaired) electrons. The molecule has 1 N–H and O–H groups in total. The van der Waals surface area contributed by atoms with Crippen LogP contribution in [0.4, 0.5) is 0 Å². The average molecular weight is 269 g/mol. The molecule has 1 heterocycles. The number of aliphatic carboxylic acids is 1. The van der Waals surface area contributed by atoms with E-state index in [0.717, 1.165) is 58.2 Å². The lowest BCUT2D eigenvalue weighted by molar-refractivity contribution is -0.152. The maximum absolute atomic E-state index is 11.7. The standard InChI is InChI=1S/C15H27NO3/c1-2-13-11-16(9-6-10-19-13)12-15(14(17)18)7-4-3-5-8-15/h13H,2-12H2,1H3,(H,17,18). The highest BCUT2D eigenvalue weighted by molar-refractivity contribution is 5.75. The molecule has 0 amide bonds. The number of hydrogen-bond donors (Lipinski definition) is 1. The molecule has 0 aromatic heterocycles. The molecule has 2 aliphatic rings. The Hall–Kier alpha value is -0.610. The second-order valence-electron chi connectivity index (χ2n) is 6.14. The number of carbonyl (C=O) groups is 1. The molecule has 1 saturated heterocycles. The smallest absolute Gasteiger partial charge is 0.310 e. The van der Waals surface area contributed by atoms with E-state index in [1.165, 1.54) is 6.42 Å². The van der Waals surface area contributed by atoms with Crippen molar-refractivity contribution in [3.8, 4) is 0 Å². The van der Waals surface area contributed by atoms with E-state index in [9.17, 15) is 9.90 Å². The minimum atomic E-state index is -0.592. The van der Waals surface area contributed by atoms with E-state index in [0.29, 0.717) is 6.54 Å². The summed E-state index contributed by atoms with van der Waals surface area (Å²) in [6.45, 7) is 5.54. The summed E-state index contributed by atoms with van der Waals surface area (Å²) < 4.78 is 5.78. The number of carboxylic acid groups (broad SMARTS) is 1. The summed E-state index contributed by atoms with van der Waals surface area (Å²) >= 11 is 0. The molecule has 1 aliphatic carbocycles. The fourth-order valence-electron chi connectivity index (χ4n) is 3.46. The van der Waals surface area contributed by atoms with Crippen molar-refractivity contribution in [1.82, 2.24) is 4.90 Å². The number of rotatable bonds is 4. The Kier molecular flexibility index (Phi) is 5.22. The summed E-state index contributed by atoms with van der Waals surface area (Å²) in [4.78, 5) is 14.1. The first-order valence-corrected chi connectivity index (χ1v) is 7.74. The fraction of sp³-hybridized carbons (Fsp3) is 0.933. The van der Waals surface area contributed by atoms with Crippen LogP contribution in [0.3, 0.4) is 0 Å². The zero-order chi connectivity index (χ0) is 13.7. The molecule has 0 aromatic rings. The van der Waals surface area contributed by atoms with Gasteiger partial charge in [0.15, 0.2) is 0 Å². The van der Waals surface area contributed by atoms with E-state index in [2.05, 4.69) is 11.8 Å². The summed E-state index contributed by atoms with van der Waals surface area (Å²) in [6.07, 6.45) is 7.31. The lowest BCUT2D eigenvalue weighted by atomic mass is 9.73. The Morgan fingerprint density at radius 3 is 2.68 bits per heavy atom. The third-order valence-corrected chi connectivity index (χ3v) is 4.68. The Balaban J connectivity index is 2.01. The van der Waals surface area contributed by atoms with Gasteiger partial charge in [0.05, 0.1) is 11.5 Å². The Bertz CT molecular complexity index is 300. The number of carboxylic acids is 1. The SMILES string of the molecule is CCC1CN(CC2(C(=O)O)CCCCC2)CCCO1. The van der Waals surface area contributed by atoms with E-state index in [1.54, 1.807) is 0 Å². The first-order chi connectivity index (χ1) is 9.16. The molecule has 1 aliphatic heterocycles. The molecule has 4 heteroatoms. The lowest BCUT2D eigenvalue weighted by Crippen LogP contribution is -2.46. The number of nitrogens with zero attached hydrogens (tertiary/aromatic N) is 1. The highest BCUT2D eigenvalue weighted by Gasteiger charge is 2.41. The fourth-order valence-corrected chi connectivity index (χ4v) is 3.46. The topological polar surface area (TPSA) is 49.8 Å². The molecule has 2 fully saturated rings. The second-order valence-corrected chi connectivity index (χ2v) is 6.14. The van der Waals surface area contributed by atoms with Crippen molar-refractivity contribution in [3.63, 3.8) is 0 Å². The summed E-state index contributed by atoms with van der Waals surface area (Å²) in [5.41, 5.74) is -0.499. The van der Waals surface area contributed by atoms with Crippen molar-refractivity contribution >= 4 is 5.97 Å². The van der Waals surface area contributed by atoms with Crippen molar-refractivity contribution in [2.24, 2.45) is 5.41 Å². The third-order valence-electron chi connectivity index (χ3n) is 4.68. The third kappa shape index (κ3) is 3.69. The lowest BCUT2D eigenvalue weighted by Gasteiger charge is -2.38. The van der Waals surface area contributed by atoms with Gasteiger partial charge in [-0.25, -0.2) is 0 Å². The van der Waals surface area contributed by atoms with E-state index in [4.69, 9.17) is 4.74 Å². The van der Waals surface area contributed by atoms with Crippen molar-refractivity contribution < 1.29 is 14.6 Å². The first-order valence-electron chi connectivity index (χ1n) is 7.74. The zero-order valence-electron chi connectivity index (χ0n) is 12.1. The minimum absolute atomic E-state index is 0.275. The van der Waals surface area contributed by atoms with Gasteiger partial charge in [0.2, 0.25) is 0 Å². The quantitative estimate of drug-likeness (QED) is 0.852. The van der Waals surface area contributed by atoms with Crippen LogP contribution in [-0.2, 0) is 9.53 Å². The van der Waals surface area contributed by atoms with Crippen LogP contribution in [-0.4, -0.2) is 48.3 Å². The number of ether oxygens (including phenoxy) is 1. The Morgan fingerprint density at radius 1 is 1.32 bits per heavy atom. The van der Waals surface area contributed by atoms with Gasteiger partial charge in [-0.15, -0.1) is 0 Å². The minimum Gasteiger partial charge on any atom is -0.481 e. The van der Waals surface area contributed by atoms with Crippen molar-refractivity contribution in [1.29, 1.82) is 0 Å². The van der Waals surface area contributed by atoms with Gasteiger partial charge in [0.1, 0.15) is 0 Å². The van der Waals surface area contributed by atoms with Crippen molar-refractivity contribution in [2.45, 2.75) is 58.0 Å². The van der Waals surface area contributed by atoms with Crippen LogP contribution in [0.5, 0.6) is 0 Å². The maximum atomic E-state index is 11.7. The van der Waals surface area contributed by atoms with Crippen molar-refractivity contribution in [3.05, 3.63) is 0 Å². The highest BCUT2D eigenvalue weighted by Crippen LogP contribution is 2.37. The molecule has 1 unspecified atom stereocenters. The Morgan fingerprint density at radius 2 is 2.05 bits per heavy atom. The van der Waals surface area contributed by atoms with Gasteiger partial charge in [-0.2, -0.15) is 0 Å². The molecular formula is C15H27NO3. The van der Waals surface area contributed by atoms with Gasteiger partial charge >= 0.3 is 5.97 Å². The number of hydrogen-bond acceptors (Lipinski definition) is 3. The van der Waals surface area contributed by atoms with Crippen LogP contribution >= 0.6 is 0 Å². The Labute approximate surface area is 116 Å². The van der Waals surface area contributed by atoms with Gasteiger partial charge in [0.25, 0.3) is 0 Å². The summed E-state index contributed by atoms with van der Waals surface area (Å²) in [6, 6.07) is 0. The summed E-state index contributed by atoms with van der Waals surface area (Å²) in [5, 5.41) is 9.65. The van der Waals surface area contributed by atoms with Crippen LogP contribution in [0, 0.1) is 5.41 Å². The molecule has 110 valence electrons. The molecule has 19 heavy (non-hydrogen) atoms. The van der Waals surface area contributed by atoms with Gasteiger partial charge < -0.3 is 9.84 Å². The van der Waals surface area contributed by atoms with E-state index < -0.39 is 11.4 Å². The van der Waals surface area contributed by atoms with Gasteiger partial charge in [-0.05, 0) is 25.7 Å². The average Bonchev–Trinajstić information content (AvgIpc) is 2.64. The van der Waals surface area contributed by atoms with Gasteiger partial charge in [0, 0.05) is 26.2 Å². The van der Waals surface area contributed by atoms with Gasteiger partial charge in [-0.3, -0.25) is 9.69 Å². The molecule has 1 atom stereocenters. The predicted molar refractivity (Wildman–Crippen MR) is 74.2 cm³/mol. The van der Waals surface area contributed by atoms with Crippen molar-refractivity contribution in [2.75, 3.05) is 26.2 Å². The molecule has 1 saturated carbocycles. The van der Waals surface area contributed by atoms with Crippen LogP contribution in [0.2, 0.25) is 0 Å². The molecule has 2 rings (SSSR count). The van der Waals surface area contributed by atoms with Crippen LogP contribution in [0.25, 0.3) is 0 Å². The summed E-state index contributed by atoms with van der Waals surface area (Å²) in [5.74, 6) is -0.592. The summed E-state index contributed by atoms with van der Waals surface area (Å²) in [7, 11) is 0. The molecule has 0 spiro atoms. The maximum Gasteiger partial charge on any atom is 0.310 e. The van der Waals surface area contributed by atoms with Crippen LogP contribution in [0.1, 0.15) is 51.9 Å². The van der Waals surface area contributed by atoms with Gasteiger partial charge in [-0.1, -0.05) is 26.2 Å². The molecule has 4 nitrogen and oxygen atoms in total. The van der Waals surface area contributed by atoms with E-state index >= 15 is 0 Å².